The molecule has 3 aliphatic rings. The monoisotopic (exact) mass is 415 g/mol. The fraction of sp³-hybridized carbons (Fsp3) is 0.900. The molecular weight excluding hydrogens is 381 g/mol. The van der Waals surface area contributed by atoms with Crippen molar-refractivity contribution in [1.29, 1.82) is 0 Å². The molecule has 2 nitrogen and oxygen atoms in total. The molecule has 5 atom stereocenters. The van der Waals surface area contributed by atoms with Crippen LogP contribution in [-0.4, -0.2) is 31.8 Å². The fourth-order valence-electron chi connectivity index (χ4n) is 5.39. The molecule has 3 rings (SSSR count). The maximum atomic E-state index is 13.2. The van der Waals surface area contributed by atoms with Crippen molar-refractivity contribution < 1.29 is 4.79 Å². The van der Waals surface area contributed by atoms with Crippen LogP contribution in [0.15, 0.2) is 0 Å². The quantitative estimate of drug-likeness (QED) is 0.523. The summed E-state index contributed by atoms with van der Waals surface area (Å²) in [5, 5.41) is 3.60. The van der Waals surface area contributed by atoms with E-state index < -0.39 is 0 Å². The number of hydrogen-bond acceptors (Lipinski definition) is 2. The molecule has 0 aromatic carbocycles. The summed E-state index contributed by atoms with van der Waals surface area (Å²) in [7, 11) is 0. The molecule has 1 N–H and O–H groups in total. The molecule has 24 heavy (non-hydrogen) atoms. The van der Waals surface area contributed by atoms with Crippen LogP contribution in [0.5, 0.6) is 0 Å². The summed E-state index contributed by atoms with van der Waals surface area (Å²) in [5.41, 5.74) is 0.135. The van der Waals surface area contributed by atoms with Gasteiger partial charge in [-0.05, 0) is 0 Å². The van der Waals surface area contributed by atoms with Gasteiger partial charge in [0.05, 0.1) is 0 Å². The van der Waals surface area contributed by atoms with Crippen LogP contribution < -0.4 is 5.32 Å². The Balaban J connectivity index is 1.77. The summed E-state index contributed by atoms with van der Waals surface area (Å²) in [6.07, 6.45) is 10.2. The van der Waals surface area contributed by atoms with Crippen LogP contribution in [0.25, 0.3) is 0 Å². The van der Waals surface area contributed by atoms with Crippen molar-refractivity contribution in [3.8, 4) is 0 Å². The van der Waals surface area contributed by atoms with E-state index in [0.717, 1.165) is 11.4 Å². The van der Waals surface area contributed by atoms with Gasteiger partial charge in [0.15, 0.2) is 0 Å². The van der Waals surface area contributed by atoms with Gasteiger partial charge >= 0.3 is 160 Å². The molecule has 0 aromatic heterocycles. The molecule has 0 unspecified atom stereocenters. The third-order valence-corrected chi connectivity index (χ3v) is 11.2. The number of rotatable bonds is 3. The first kappa shape index (κ1) is 18.9. The third kappa shape index (κ3) is 3.12. The van der Waals surface area contributed by atoms with Crippen molar-refractivity contribution in [2.24, 2.45) is 16.7 Å². The molecule has 3 fully saturated rings. The topological polar surface area (TPSA) is 29.1 Å². The Labute approximate surface area is 159 Å². The van der Waals surface area contributed by atoms with Crippen molar-refractivity contribution in [3.63, 3.8) is 0 Å². The summed E-state index contributed by atoms with van der Waals surface area (Å²) < 4.78 is 0. The van der Waals surface area contributed by atoms with Gasteiger partial charge < -0.3 is 0 Å². The number of hydrogen-bond donors (Lipinski definition) is 1. The second-order valence-electron chi connectivity index (χ2n) is 8.96. The van der Waals surface area contributed by atoms with Gasteiger partial charge in [0, 0.05) is 0 Å². The van der Waals surface area contributed by atoms with Crippen LogP contribution in [-0.2, 0) is 4.79 Å². The van der Waals surface area contributed by atoms with E-state index in [1.165, 1.54) is 44.9 Å². The van der Waals surface area contributed by atoms with Crippen molar-refractivity contribution in [2.45, 2.75) is 94.7 Å². The van der Waals surface area contributed by atoms with Gasteiger partial charge in [0.25, 0.3) is 0 Å². The van der Waals surface area contributed by atoms with E-state index in [1.807, 2.05) is 6.92 Å². The first-order valence-electron chi connectivity index (χ1n) is 9.74. The van der Waals surface area contributed by atoms with Crippen molar-refractivity contribution in [2.75, 3.05) is 0 Å². The Morgan fingerprint density at radius 1 is 1.12 bits per heavy atom. The average molecular weight is 415 g/mol. The summed E-state index contributed by atoms with van der Waals surface area (Å²) in [6, 6.07) is 0.505. The van der Waals surface area contributed by atoms with E-state index in [1.54, 1.807) is 0 Å². The zero-order valence-electron chi connectivity index (χ0n) is 15.7. The van der Waals surface area contributed by atoms with E-state index in [2.05, 4.69) is 26.1 Å². The van der Waals surface area contributed by atoms with Gasteiger partial charge in [-0.3, -0.25) is 0 Å². The molecule has 2 bridgehead atoms. The Morgan fingerprint density at radius 3 is 2.38 bits per heavy atom. The molecule has 0 aliphatic heterocycles. The van der Waals surface area contributed by atoms with Crippen LogP contribution in [0.1, 0.15) is 79.1 Å². The Bertz CT molecular complexity index is 520. The molecule has 0 spiro atoms. The zero-order chi connectivity index (χ0) is 17.5. The Morgan fingerprint density at radius 2 is 1.79 bits per heavy atom. The summed E-state index contributed by atoms with van der Waals surface area (Å²) in [5.74, 6) is 1.22. The van der Waals surface area contributed by atoms with Crippen molar-refractivity contribution in [3.05, 3.63) is 0 Å². The van der Waals surface area contributed by atoms with Crippen LogP contribution in [0, 0.1) is 16.7 Å². The molecule has 4 heteroatoms. The van der Waals surface area contributed by atoms with E-state index in [4.69, 9.17) is 12.2 Å². The van der Waals surface area contributed by atoms with Crippen LogP contribution >= 0.6 is 12.2 Å². The predicted octanol–water partition coefficient (Wildman–Crippen LogP) is 4.95. The minimum absolute atomic E-state index is 0.0608. The predicted molar refractivity (Wildman–Crippen MR) is 106 cm³/mol. The van der Waals surface area contributed by atoms with Gasteiger partial charge in [0.1, 0.15) is 0 Å². The van der Waals surface area contributed by atoms with E-state index in [-0.39, 0.29) is 10.8 Å². The molecule has 136 valence electrons. The summed E-state index contributed by atoms with van der Waals surface area (Å²) in [6.45, 7) is 8.97. The molecule has 3 aliphatic carbocycles. The molecule has 3 saturated carbocycles. The summed E-state index contributed by atoms with van der Waals surface area (Å²) >= 11 is 5.75. The van der Waals surface area contributed by atoms with E-state index >= 15 is 0 Å². The second-order valence-corrected chi connectivity index (χ2v) is 12.5. The third-order valence-electron chi connectivity index (χ3n) is 7.38. The molecule has 0 heterocycles. The van der Waals surface area contributed by atoms with Gasteiger partial charge in [0.2, 0.25) is 0 Å². The first-order chi connectivity index (χ1) is 11.3. The van der Waals surface area contributed by atoms with E-state index in [0.29, 0.717) is 42.3 Å². The number of carbonyl (C=O) groups excluding carboxylic acids is 1. The van der Waals surface area contributed by atoms with E-state index in [9.17, 15) is 4.79 Å². The Hall–Kier alpha value is 0.0795. The number of carbonyl (C=O) groups is 1. The maximum absolute atomic E-state index is 13.2. The van der Waals surface area contributed by atoms with Crippen LogP contribution in [0.4, 0.5) is 0 Å². The number of Topliss-reactive ketones (excluding diaryl/α,β-unsaturated/α-hetero) is 1. The van der Waals surface area contributed by atoms with Crippen LogP contribution in [0.3, 0.4) is 0 Å². The SMILES string of the molecule is CC(=S)N[C@@H]1CCCCCC[C@H]1[Se][C@@H]1C(=O)[C@]2(C)CC[C@H]1C2(C)C. The Kier molecular flexibility index (Phi) is 5.50. The number of nitrogens with one attached hydrogen (secondary N) is 1. The van der Waals surface area contributed by atoms with Gasteiger partial charge in [-0.1, -0.05) is 0 Å². The first-order valence-corrected chi connectivity index (χ1v) is 12.1. The van der Waals surface area contributed by atoms with Crippen LogP contribution in [0.2, 0.25) is 9.63 Å². The average Bonchev–Trinajstić information content (AvgIpc) is 2.79. The summed E-state index contributed by atoms with van der Waals surface area (Å²) in [4.78, 5) is 15.2. The van der Waals surface area contributed by atoms with Gasteiger partial charge in [-0.25, -0.2) is 0 Å². The van der Waals surface area contributed by atoms with Gasteiger partial charge in [-0.2, -0.15) is 0 Å². The zero-order valence-corrected chi connectivity index (χ0v) is 18.2. The molecular formula is C20H33NOSSe. The molecule has 0 saturated heterocycles. The number of ketones is 1. The van der Waals surface area contributed by atoms with Crippen molar-refractivity contribution >= 4 is 37.9 Å². The molecule has 0 radical (unpaired) electrons. The minimum atomic E-state index is -0.0608. The van der Waals surface area contributed by atoms with Crippen molar-refractivity contribution in [1.82, 2.24) is 5.32 Å². The molecule has 0 amide bonds. The molecule has 0 aromatic rings. The fourth-order valence-corrected chi connectivity index (χ4v) is 9.99. The van der Waals surface area contributed by atoms with Gasteiger partial charge in [-0.15, -0.1) is 0 Å². The normalized spacial score (nSPS) is 41.8. The number of thiocarbonyl (C=S) groups is 1. The standard InChI is InChI=1S/C20H33NOSSe/c1-13(23)21-15-9-7-5-6-8-10-16(15)24-17-14-11-12-20(4,18(17)22)19(14,2)3/h14-17H,5-12H2,1-4H3,(H,21,23)/t14-,15-,16-,17+,20+/m1/s1. The second kappa shape index (κ2) is 7.00. The number of fused-ring (bicyclic) bond motifs is 2.